The summed E-state index contributed by atoms with van der Waals surface area (Å²) in [4.78, 5) is 15.1. The first-order valence-electron chi connectivity index (χ1n) is 7.17. The van der Waals surface area contributed by atoms with Gasteiger partial charge in [0.15, 0.2) is 0 Å². The van der Waals surface area contributed by atoms with Crippen LogP contribution in [-0.2, 0) is 0 Å². The lowest BCUT2D eigenvalue weighted by Gasteiger charge is -2.39. The second-order valence-corrected chi connectivity index (χ2v) is 5.50. The zero-order valence-corrected chi connectivity index (χ0v) is 11.5. The monoisotopic (exact) mass is 276 g/mol. The highest BCUT2D eigenvalue weighted by molar-refractivity contribution is 5.51. The van der Waals surface area contributed by atoms with Crippen molar-refractivity contribution in [3.8, 4) is 0 Å². The lowest BCUT2D eigenvalue weighted by atomic mass is 10.1. The summed E-state index contributed by atoms with van der Waals surface area (Å²) in [6.45, 7) is 6.42. The molecule has 6 heteroatoms. The Balaban J connectivity index is 1.53. The van der Waals surface area contributed by atoms with Crippen LogP contribution in [0.2, 0.25) is 0 Å². The third-order valence-corrected chi connectivity index (χ3v) is 4.20. The van der Waals surface area contributed by atoms with Gasteiger partial charge in [0.1, 0.15) is 0 Å². The van der Waals surface area contributed by atoms with Gasteiger partial charge < -0.3 is 10.2 Å². The van der Waals surface area contributed by atoms with Gasteiger partial charge in [-0.2, -0.15) is 0 Å². The second-order valence-electron chi connectivity index (χ2n) is 5.50. The minimum absolute atomic E-state index is 0.156. The van der Waals surface area contributed by atoms with Crippen LogP contribution in [0.25, 0.3) is 0 Å². The molecule has 6 nitrogen and oxygen atoms in total. The minimum Gasteiger partial charge on any atom is -0.369 e. The fourth-order valence-corrected chi connectivity index (χ4v) is 2.79. The van der Waals surface area contributed by atoms with E-state index in [1.807, 2.05) is 12.1 Å². The van der Waals surface area contributed by atoms with Crippen LogP contribution in [0, 0.1) is 10.1 Å². The Hall–Kier alpha value is -1.66. The third-order valence-electron chi connectivity index (χ3n) is 4.20. The predicted molar refractivity (Wildman–Crippen MR) is 78.2 cm³/mol. The van der Waals surface area contributed by atoms with E-state index in [-0.39, 0.29) is 10.6 Å². The Morgan fingerprint density at radius 1 is 1.20 bits per heavy atom. The van der Waals surface area contributed by atoms with Crippen LogP contribution in [0.4, 0.5) is 11.4 Å². The first kappa shape index (κ1) is 13.3. The molecule has 0 bridgehead atoms. The van der Waals surface area contributed by atoms with Gasteiger partial charge >= 0.3 is 0 Å². The molecule has 0 amide bonds. The maximum absolute atomic E-state index is 10.6. The average molecular weight is 276 g/mol. The van der Waals surface area contributed by atoms with Crippen molar-refractivity contribution >= 4 is 11.4 Å². The van der Waals surface area contributed by atoms with Gasteiger partial charge in [-0.05, 0) is 25.1 Å². The quantitative estimate of drug-likeness (QED) is 0.658. The number of hydrogen-bond acceptors (Lipinski definition) is 5. The van der Waals surface area contributed by atoms with E-state index in [1.54, 1.807) is 12.1 Å². The number of piperazine rings is 1. The van der Waals surface area contributed by atoms with E-state index in [0.717, 1.165) is 45.0 Å². The molecule has 1 aromatic carbocycles. The second kappa shape index (κ2) is 5.76. The molecule has 2 aliphatic heterocycles. The van der Waals surface area contributed by atoms with E-state index < -0.39 is 0 Å². The molecular formula is C14H20N4O2. The molecule has 108 valence electrons. The minimum atomic E-state index is -0.354. The Morgan fingerprint density at radius 2 is 1.85 bits per heavy atom. The number of rotatable bonds is 4. The van der Waals surface area contributed by atoms with Crippen molar-refractivity contribution in [3.63, 3.8) is 0 Å². The van der Waals surface area contributed by atoms with Crippen molar-refractivity contribution in [2.24, 2.45) is 0 Å². The summed E-state index contributed by atoms with van der Waals surface area (Å²) < 4.78 is 0. The highest BCUT2D eigenvalue weighted by atomic mass is 16.6. The summed E-state index contributed by atoms with van der Waals surface area (Å²) in [5, 5.41) is 14.1. The molecule has 3 rings (SSSR count). The van der Waals surface area contributed by atoms with Crippen LogP contribution in [0.3, 0.4) is 0 Å². The van der Waals surface area contributed by atoms with Gasteiger partial charge in [0.25, 0.3) is 5.69 Å². The number of non-ortho nitro benzene ring substituents is 1. The van der Waals surface area contributed by atoms with Crippen LogP contribution in [-0.4, -0.2) is 55.1 Å². The summed E-state index contributed by atoms with van der Waals surface area (Å²) in [7, 11) is 0. The molecule has 2 aliphatic rings. The maximum atomic E-state index is 10.6. The summed E-state index contributed by atoms with van der Waals surface area (Å²) >= 11 is 0. The van der Waals surface area contributed by atoms with Gasteiger partial charge in [-0.1, -0.05) is 0 Å². The van der Waals surface area contributed by atoms with Gasteiger partial charge in [-0.25, -0.2) is 0 Å². The van der Waals surface area contributed by atoms with Gasteiger partial charge in [0.05, 0.1) is 4.92 Å². The molecule has 0 saturated carbocycles. The molecule has 1 N–H and O–H groups in total. The number of benzene rings is 1. The molecule has 0 aliphatic carbocycles. The molecule has 2 heterocycles. The number of hydrogen-bond donors (Lipinski definition) is 1. The molecule has 1 aromatic rings. The number of nitro groups is 1. The van der Waals surface area contributed by atoms with Crippen molar-refractivity contribution in [2.45, 2.75) is 12.5 Å². The molecule has 1 unspecified atom stereocenters. The zero-order valence-electron chi connectivity index (χ0n) is 11.5. The Kier molecular flexibility index (Phi) is 3.84. The van der Waals surface area contributed by atoms with Crippen LogP contribution in [0.15, 0.2) is 24.3 Å². The predicted octanol–water partition coefficient (Wildman–Crippen LogP) is 1.08. The lowest BCUT2D eigenvalue weighted by molar-refractivity contribution is -0.384. The van der Waals surface area contributed by atoms with Crippen LogP contribution in [0.1, 0.15) is 6.42 Å². The lowest BCUT2D eigenvalue weighted by Crippen LogP contribution is -2.54. The number of anilines is 1. The molecule has 2 fully saturated rings. The molecular weight excluding hydrogens is 256 g/mol. The number of nitrogens with one attached hydrogen (secondary N) is 1. The number of nitrogens with zero attached hydrogens (tertiary/aromatic N) is 3. The fourth-order valence-electron chi connectivity index (χ4n) is 2.79. The Labute approximate surface area is 118 Å². The SMILES string of the molecule is O=[N+]([O-])c1ccc(N2CCN(CC3CCN3)CC2)cc1. The van der Waals surface area contributed by atoms with Crippen molar-refractivity contribution in [3.05, 3.63) is 34.4 Å². The zero-order chi connectivity index (χ0) is 13.9. The Bertz CT molecular complexity index is 465. The van der Waals surface area contributed by atoms with Crippen LogP contribution in [0.5, 0.6) is 0 Å². The van der Waals surface area contributed by atoms with Crippen molar-refractivity contribution < 1.29 is 4.92 Å². The standard InChI is InChI=1S/C14H20N4O2/c19-18(20)14-3-1-13(2-4-14)17-9-7-16(8-10-17)11-12-5-6-15-12/h1-4,12,15H,5-11H2. The smallest absolute Gasteiger partial charge is 0.269 e. The summed E-state index contributed by atoms with van der Waals surface area (Å²) in [5.41, 5.74) is 1.24. The summed E-state index contributed by atoms with van der Waals surface area (Å²) in [6, 6.07) is 7.55. The first-order valence-corrected chi connectivity index (χ1v) is 7.17. The van der Waals surface area contributed by atoms with Crippen molar-refractivity contribution in [2.75, 3.05) is 44.2 Å². The van der Waals surface area contributed by atoms with Crippen molar-refractivity contribution in [1.29, 1.82) is 0 Å². The van der Waals surface area contributed by atoms with Gasteiger partial charge in [0.2, 0.25) is 0 Å². The van der Waals surface area contributed by atoms with E-state index in [4.69, 9.17) is 0 Å². The molecule has 2 saturated heterocycles. The largest absolute Gasteiger partial charge is 0.369 e. The van der Waals surface area contributed by atoms with E-state index in [2.05, 4.69) is 15.1 Å². The highest BCUT2D eigenvalue weighted by Crippen LogP contribution is 2.20. The summed E-state index contributed by atoms with van der Waals surface area (Å²) in [5.74, 6) is 0. The maximum Gasteiger partial charge on any atom is 0.269 e. The normalized spacial score (nSPS) is 23.4. The third kappa shape index (κ3) is 2.91. The molecule has 0 aromatic heterocycles. The first-order chi connectivity index (χ1) is 9.72. The molecule has 0 spiro atoms. The van der Waals surface area contributed by atoms with Gasteiger partial charge in [-0.3, -0.25) is 15.0 Å². The van der Waals surface area contributed by atoms with Crippen molar-refractivity contribution in [1.82, 2.24) is 10.2 Å². The summed E-state index contributed by atoms with van der Waals surface area (Å²) in [6.07, 6.45) is 1.29. The highest BCUT2D eigenvalue weighted by Gasteiger charge is 2.23. The van der Waals surface area contributed by atoms with Gasteiger partial charge in [0, 0.05) is 56.6 Å². The number of nitro benzene ring substituents is 1. The van der Waals surface area contributed by atoms with Gasteiger partial charge in [-0.15, -0.1) is 0 Å². The molecule has 20 heavy (non-hydrogen) atoms. The average Bonchev–Trinajstić information content (AvgIpc) is 2.44. The van der Waals surface area contributed by atoms with E-state index >= 15 is 0 Å². The van der Waals surface area contributed by atoms with Crippen LogP contribution < -0.4 is 10.2 Å². The Morgan fingerprint density at radius 3 is 2.35 bits per heavy atom. The molecule has 1 atom stereocenters. The molecule has 0 radical (unpaired) electrons. The van der Waals surface area contributed by atoms with Crippen LogP contribution >= 0.6 is 0 Å². The topological polar surface area (TPSA) is 61.7 Å². The van der Waals surface area contributed by atoms with E-state index in [0.29, 0.717) is 6.04 Å². The van der Waals surface area contributed by atoms with E-state index in [9.17, 15) is 10.1 Å². The van der Waals surface area contributed by atoms with E-state index in [1.165, 1.54) is 6.42 Å². The fraction of sp³-hybridized carbons (Fsp3) is 0.571.